The van der Waals surface area contributed by atoms with Gasteiger partial charge in [0.25, 0.3) is 5.91 Å². The number of nitrogens with one attached hydrogen (secondary N) is 1. The average molecular weight is 427 g/mol. The molecule has 158 valence electrons. The summed E-state index contributed by atoms with van der Waals surface area (Å²) in [5, 5.41) is 12.5. The quantitative estimate of drug-likeness (QED) is 0.693. The van der Waals surface area contributed by atoms with Crippen molar-refractivity contribution in [2.75, 3.05) is 26.2 Å². The Kier molecular flexibility index (Phi) is 5.92. The van der Waals surface area contributed by atoms with E-state index >= 15 is 0 Å². The molecule has 0 spiro atoms. The molecule has 1 amide bonds. The fourth-order valence-electron chi connectivity index (χ4n) is 4.05. The fourth-order valence-corrected chi connectivity index (χ4v) is 4.18. The number of hydrogen-bond donors (Lipinski definition) is 1. The van der Waals surface area contributed by atoms with Crippen molar-refractivity contribution in [3.8, 4) is 11.3 Å². The molecular formula is C22H27ClN6O. The number of amides is 1. The first-order chi connectivity index (χ1) is 14.4. The van der Waals surface area contributed by atoms with Crippen molar-refractivity contribution in [3.05, 3.63) is 58.0 Å². The smallest absolute Gasteiger partial charge is 0.271 e. The van der Waals surface area contributed by atoms with Gasteiger partial charge in [-0.2, -0.15) is 10.2 Å². The standard InChI is InChI=1S/C22H27ClN6O/c1-15-21(16(2)27(3)26-15)19-13-20(25-24-19)22(30)29-10-4-9-28(11-12-29)14-17-5-7-18(23)8-6-17/h5-8,13H,4,9-12,14H2,1-3H3,(H,24,25). The molecule has 1 aliphatic heterocycles. The summed E-state index contributed by atoms with van der Waals surface area (Å²) in [7, 11) is 1.91. The van der Waals surface area contributed by atoms with E-state index in [9.17, 15) is 4.79 Å². The Labute approximate surface area is 181 Å². The van der Waals surface area contributed by atoms with Crippen molar-refractivity contribution in [1.82, 2.24) is 29.8 Å². The van der Waals surface area contributed by atoms with E-state index in [-0.39, 0.29) is 5.91 Å². The number of carbonyl (C=O) groups excluding carboxylic acids is 1. The zero-order chi connectivity index (χ0) is 21.3. The number of aromatic amines is 1. The first kappa shape index (κ1) is 20.6. The number of halogens is 1. The van der Waals surface area contributed by atoms with E-state index in [1.165, 1.54) is 5.56 Å². The van der Waals surface area contributed by atoms with Gasteiger partial charge in [0.1, 0.15) is 5.69 Å². The van der Waals surface area contributed by atoms with Crippen LogP contribution in [0.2, 0.25) is 5.02 Å². The third kappa shape index (κ3) is 4.27. The van der Waals surface area contributed by atoms with Crippen molar-refractivity contribution in [1.29, 1.82) is 0 Å². The highest BCUT2D eigenvalue weighted by Crippen LogP contribution is 2.25. The topological polar surface area (TPSA) is 70.1 Å². The summed E-state index contributed by atoms with van der Waals surface area (Å²) in [6, 6.07) is 9.81. The number of H-pyrrole nitrogens is 1. The Morgan fingerprint density at radius 3 is 2.60 bits per heavy atom. The maximum Gasteiger partial charge on any atom is 0.271 e. The van der Waals surface area contributed by atoms with Gasteiger partial charge in [-0.15, -0.1) is 0 Å². The average Bonchev–Trinajstić information content (AvgIpc) is 3.20. The molecule has 1 saturated heterocycles. The minimum absolute atomic E-state index is 0.00119. The Balaban J connectivity index is 1.42. The van der Waals surface area contributed by atoms with E-state index < -0.39 is 0 Å². The molecule has 1 aromatic carbocycles. The van der Waals surface area contributed by atoms with Gasteiger partial charge in [-0.1, -0.05) is 23.7 Å². The summed E-state index contributed by atoms with van der Waals surface area (Å²) in [5.74, 6) is 0.00119. The second-order valence-corrected chi connectivity index (χ2v) is 8.32. The van der Waals surface area contributed by atoms with Gasteiger partial charge in [0.2, 0.25) is 0 Å². The molecular weight excluding hydrogens is 400 g/mol. The molecule has 0 atom stereocenters. The predicted molar refractivity (Wildman–Crippen MR) is 118 cm³/mol. The molecule has 4 rings (SSSR count). The van der Waals surface area contributed by atoms with Crippen LogP contribution in [0.25, 0.3) is 11.3 Å². The maximum absolute atomic E-state index is 13.1. The lowest BCUT2D eigenvalue weighted by molar-refractivity contribution is 0.0755. The van der Waals surface area contributed by atoms with Crippen LogP contribution in [-0.2, 0) is 13.6 Å². The Hall–Kier alpha value is -2.64. The molecule has 3 aromatic rings. The maximum atomic E-state index is 13.1. The highest BCUT2D eigenvalue weighted by molar-refractivity contribution is 6.30. The zero-order valence-corrected chi connectivity index (χ0v) is 18.4. The lowest BCUT2D eigenvalue weighted by atomic mass is 10.1. The molecule has 3 heterocycles. The molecule has 0 radical (unpaired) electrons. The molecule has 7 nitrogen and oxygen atoms in total. The molecule has 1 N–H and O–H groups in total. The molecule has 0 unspecified atom stereocenters. The monoisotopic (exact) mass is 426 g/mol. The van der Waals surface area contributed by atoms with Crippen LogP contribution in [0.3, 0.4) is 0 Å². The molecule has 2 aromatic heterocycles. The molecule has 0 saturated carbocycles. The van der Waals surface area contributed by atoms with Crippen LogP contribution in [-0.4, -0.2) is 61.9 Å². The van der Waals surface area contributed by atoms with Crippen LogP contribution in [0.1, 0.15) is 33.9 Å². The second-order valence-electron chi connectivity index (χ2n) is 7.88. The summed E-state index contributed by atoms with van der Waals surface area (Å²) in [6.07, 6.45) is 0.946. The van der Waals surface area contributed by atoms with Crippen LogP contribution in [0, 0.1) is 13.8 Å². The Morgan fingerprint density at radius 1 is 1.13 bits per heavy atom. The Bertz CT molecular complexity index is 1040. The minimum atomic E-state index is 0.00119. The molecule has 8 heteroatoms. The van der Waals surface area contributed by atoms with Gasteiger partial charge in [-0.25, -0.2) is 0 Å². The van der Waals surface area contributed by atoms with Gasteiger partial charge in [0, 0.05) is 56.1 Å². The van der Waals surface area contributed by atoms with Crippen molar-refractivity contribution in [2.24, 2.45) is 7.05 Å². The lowest BCUT2D eigenvalue weighted by Crippen LogP contribution is -2.35. The van der Waals surface area contributed by atoms with Gasteiger partial charge in [0.15, 0.2) is 0 Å². The lowest BCUT2D eigenvalue weighted by Gasteiger charge is -2.21. The number of hydrogen-bond acceptors (Lipinski definition) is 4. The Morgan fingerprint density at radius 2 is 1.90 bits per heavy atom. The number of aryl methyl sites for hydroxylation is 2. The fraction of sp³-hybridized carbons (Fsp3) is 0.409. The SMILES string of the molecule is Cc1nn(C)c(C)c1-c1cc(C(=O)N2CCCN(Cc3ccc(Cl)cc3)CC2)[nH]n1. The third-order valence-corrected chi connectivity index (χ3v) is 6.02. The van der Waals surface area contributed by atoms with Gasteiger partial charge in [0.05, 0.1) is 11.4 Å². The summed E-state index contributed by atoms with van der Waals surface area (Å²) in [6.45, 7) is 8.09. The molecule has 1 fully saturated rings. The van der Waals surface area contributed by atoms with Crippen molar-refractivity contribution < 1.29 is 4.79 Å². The number of rotatable bonds is 4. The number of aromatic nitrogens is 4. The summed E-state index contributed by atoms with van der Waals surface area (Å²) in [4.78, 5) is 17.4. The van der Waals surface area contributed by atoms with Crippen LogP contribution in [0.4, 0.5) is 0 Å². The minimum Gasteiger partial charge on any atom is -0.336 e. The van der Waals surface area contributed by atoms with Crippen LogP contribution in [0.5, 0.6) is 0 Å². The van der Waals surface area contributed by atoms with Gasteiger partial charge >= 0.3 is 0 Å². The normalized spacial score (nSPS) is 15.4. The first-order valence-corrected chi connectivity index (χ1v) is 10.6. The molecule has 30 heavy (non-hydrogen) atoms. The van der Waals surface area contributed by atoms with Crippen molar-refractivity contribution in [3.63, 3.8) is 0 Å². The number of nitrogens with zero attached hydrogens (tertiary/aromatic N) is 5. The van der Waals surface area contributed by atoms with Gasteiger partial charge < -0.3 is 4.90 Å². The van der Waals surface area contributed by atoms with Crippen LogP contribution >= 0.6 is 11.6 Å². The molecule has 0 bridgehead atoms. The largest absolute Gasteiger partial charge is 0.336 e. The van der Waals surface area contributed by atoms with E-state index in [4.69, 9.17) is 11.6 Å². The first-order valence-electron chi connectivity index (χ1n) is 10.2. The van der Waals surface area contributed by atoms with Crippen molar-refractivity contribution >= 4 is 17.5 Å². The summed E-state index contributed by atoms with van der Waals surface area (Å²) >= 11 is 5.98. The van der Waals surface area contributed by atoms with E-state index in [0.29, 0.717) is 12.2 Å². The van der Waals surface area contributed by atoms with Crippen LogP contribution in [0.15, 0.2) is 30.3 Å². The summed E-state index contributed by atoms with van der Waals surface area (Å²) < 4.78 is 1.84. The van der Waals surface area contributed by atoms with Crippen molar-refractivity contribution in [2.45, 2.75) is 26.8 Å². The number of benzene rings is 1. The predicted octanol–water partition coefficient (Wildman–Crippen LogP) is 3.43. The highest BCUT2D eigenvalue weighted by atomic mass is 35.5. The van der Waals surface area contributed by atoms with Crippen LogP contribution < -0.4 is 0 Å². The van der Waals surface area contributed by atoms with Gasteiger partial charge in [-0.05, 0) is 44.0 Å². The number of carbonyl (C=O) groups is 1. The van der Waals surface area contributed by atoms with E-state index in [1.807, 2.05) is 48.7 Å². The van der Waals surface area contributed by atoms with E-state index in [2.05, 4.69) is 32.3 Å². The third-order valence-electron chi connectivity index (χ3n) is 5.77. The summed E-state index contributed by atoms with van der Waals surface area (Å²) in [5.41, 5.74) is 5.45. The van der Waals surface area contributed by atoms with E-state index in [1.54, 1.807) is 0 Å². The zero-order valence-electron chi connectivity index (χ0n) is 17.7. The van der Waals surface area contributed by atoms with E-state index in [0.717, 1.165) is 60.3 Å². The second kappa shape index (κ2) is 8.62. The molecule has 1 aliphatic rings. The van der Waals surface area contributed by atoms with Gasteiger partial charge in [-0.3, -0.25) is 19.5 Å². The highest BCUT2D eigenvalue weighted by Gasteiger charge is 2.23. The molecule has 0 aliphatic carbocycles.